The summed E-state index contributed by atoms with van der Waals surface area (Å²) < 4.78 is 6.96. The number of carbonyl (C=O) groups is 1. The third-order valence-corrected chi connectivity index (χ3v) is 4.02. The molecule has 0 bridgehead atoms. The first kappa shape index (κ1) is 18.6. The minimum atomic E-state index is -0.319. The van der Waals surface area contributed by atoms with Crippen LogP contribution < -0.4 is 15.6 Å². The number of carbonyl (C=O) groups excluding carboxylic acids is 1. The van der Waals surface area contributed by atoms with Gasteiger partial charge in [-0.1, -0.05) is 50.2 Å². The molecular formula is C21H23N3O3. The average Bonchev–Trinajstić information content (AvgIpc) is 2.68. The molecule has 27 heavy (non-hydrogen) atoms. The molecule has 140 valence electrons. The van der Waals surface area contributed by atoms with Crippen molar-refractivity contribution in [3.63, 3.8) is 0 Å². The molecule has 1 N–H and O–H groups in total. The minimum Gasteiger partial charge on any atom is -0.492 e. The maximum absolute atomic E-state index is 12.7. The van der Waals surface area contributed by atoms with E-state index in [-0.39, 0.29) is 23.1 Å². The van der Waals surface area contributed by atoms with Crippen molar-refractivity contribution < 1.29 is 9.53 Å². The van der Waals surface area contributed by atoms with E-state index in [1.165, 1.54) is 4.68 Å². The van der Waals surface area contributed by atoms with E-state index in [0.29, 0.717) is 30.5 Å². The van der Waals surface area contributed by atoms with Crippen molar-refractivity contribution in [3.8, 4) is 5.75 Å². The van der Waals surface area contributed by atoms with E-state index in [2.05, 4.69) is 10.4 Å². The normalized spacial score (nSPS) is 10.9. The number of rotatable bonds is 7. The highest BCUT2D eigenvalue weighted by Crippen LogP contribution is 2.14. The van der Waals surface area contributed by atoms with Crippen LogP contribution in [0, 0.1) is 5.92 Å². The standard InChI is InChI=1S/C21H23N3O3/c1-15(2)14-24-21(26)18-11-7-6-10-17(18)19(23-24)20(25)22-12-13-27-16-8-4-3-5-9-16/h3-11,15H,12-14H2,1-2H3,(H,22,25). The van der Waals surface area contributed by atoms with Crippen LogP contribution in [-0.2, 0) is 6.54 Å². The number of nitrogens with zero attached hydrogens (tertiary/aromatic N) is 2. The SMILES string of the molecule is CC(C)Cn1nc(C(=O)NCCOc2ccccc2)c2ccccc2c1=O. The number of aromatic nitrogens is 2. The van der Waals surface area contributed by atoms with Gasteiger partial charge in [-0.05, 0) is 24.1 Å². The molecule has 0 aliphatic carbocycles. The molecule has 6 heteroatoms. The molecule has 0 radical (unpaired) electrons. The van der Waals surface area contributed by atoms with Gasteiger partial charge in [0.2, 0.25) is 0 Å². The maximum Gasteiger partial charge on any atom is 0.274 e. The van der Waals surface area contributed by atoms with E-state index in [1.54, 1.807) is 24.3 Å². The number of ether oxygens (including phenoxy) is 1. The van der Waals surface area contributed by atoms with Crippen molar-refractivity contribution >= 4 is 16.7 Å². The van der Waals surface area contributed by atoms with Gasteiger partial charge in [0.05, 0.1) is 11.9 Å². The second-order valence-electron chi connectivity index (χ2n) is 6.69. The fourth-order valence-electron chi connectivity index (χ4n) is 2.81. The molecule has 0 fully saturated rings. The zero-order valence-corrected chi connectivity index (χ0v) is 15.5. The van der Waals surface area contributed by atoms with Crippen LogP contribution in [-0.4, -0.2) is 28.8 Å². The monoisotopic (exact) mass is 365 g/mol. The van der Waals surface area contributed by atoms with Gasteiger partial charge in [-0.25, -0.2) is 4.68 Å². The van der Waals surface area contributed by atoms with Crippen molar-refractivity contribution in [2.24, 2.45) is 5.92 Å². The minimum absolute atomic E-state index is 0.178. The molecule has 2 aromatic carbocycles. The highest BCUT2D eigenvalue weighted by atomic mass is 16.5. The summed E-state index contributed by atoms with van der Waals surface area (Å²) in [6, 6.07) is 16.5. The van der Waals surface area contributed by atoms with Crippen LogP contribution in [0.3, 0.4) is 0 Å². The van der Waals surface area contributed by atoms with Gasteiger partial charge in [0, 0.05) is 11.9 Å². The molecule has 0 aliphatic heterocycles. The quantitative estimate of drug-likeness (QED) is 0.654. The van der Waals surface area contributed by atoms with Gasteiger partial charge in [-0.3, -0.25) is 9.59 Å². The molecule has 3 aromatic rings. The van der Waals surface area contributed by atoms with Crippen LogP contribution in [0.15, 0.2) is 59.4 Å². The summed E-state index contributed by atoms with van der Waals surface area (Å²) in [5, 5.41) is 8.21. The second-order valence-corrected chi connectivity index (χ2v) is 6.69. The second kappa shape index (κ2) is 8.49. The summed E-state index contributed by atoms with van der Waals surface area (Å²) in [6.07, 6.45) is 0. The van der Waals surface area contributed by atoms with Crippen molar-refractivity contribution in [2.75, 3.05) is 13.2 Å². The Morgan fingerprint density at radius 3 is 2.44 bits per heavy atom. The largest absolute Gasteiger partial charge is 0.492 e. The Kier molecular flexibility index (Phi) is 5.86. The lowest BCUT2D eigenvalue weighted by atomic mass is 10.1. The van der Waals surface area contributed by atoms with Gasteiger partial charge >= 0.3 is 0 Å². The highest BCUT2D eigenvalue weighted by Gasteiger charge is 2.16. The Bertz CT molecular complexity index is 981. The van der Waals surface area contributed by atoms with E-state index in [4.69, 9.17) is 4.74 Å². The van der Waals surface area contributed by atoms with Crippen LogP contribution >= 0.6 is 0 Å². The van der Waals surface area contributed by atoms with Gasteiger partial charge in [-0.2, -0.15) is 5.10 Å². The first-order valence-corrected chi connectivity index (χ1v) is 9.02. The van der Waals surface area contributed by atoms with Crippen LogP contribution in [0.1, 0.15) is 24.3 Å². The van der Waals surface area contributed by atoms with Crippen molar-refractivity contribution in [1.82, 2.24) is 15.1 Å². The summed E-state index contributed by atoms with van der Waals surface area (Å²) in [5.74, 6) is 0.674. The average molecular weight is 365 g/mol. The van der Waals surface area contributed by atoms with Gasteiger partial charge in [0.15, 0.2) is 5.69 Å². The fraction of sp³-hybridized carbons (Fsp3) is 0.286. The zero-order chi connectivity index (χ0) is 19.2. The lowest BCUT2D eigenvalue weighted by Gasteiger charge is -2.13. The Morgan fingerprint density at radius 2 is 1.74 bits per heavy atom. The third kappa shape index (κ3) is 4.53. The van der Waals surface area contributed by atoms with Crippen LogP contribution in [0.2, 0.25) is 0 Å². The zero-order valence-electron chi connectivity index (χ0n) is 15.5. The van der Waals surface area contributed by atoms with Crippen LogP contribution in [0.25, 0.3) is 10.8 Å². The van der Waals surface area contributed by atoms with E-state index in [0.717, 1.165) is 5.75 Å². The van der Waals surface area contributed by atoms with E-state index in [1.807, 2.05) is 44.2 Å². The molecule has 0 saturated carbocycles. The summed E-state index contributed by atoms with van der Waals surface area (Å²) >= 11 is 0. The molecule has 0 atom stereocenters. The molecular weight excluding hydrogens is 342 g/mol. The summed E-state index contributed by atoms with van der Waals surface area (Å²) in [4.78, 5) is 25.3. The molecule has 1 heterocycles. The molecule has 0 saturated heterocycles. The van der Waals surface area contributed by atoms with Gasteiger partial charge in [0.25, 0.3) is 11.5 Å². The number of fused-ring (bicyclic) bond motifs is 1. The van der Waals surface area contributed by atoms with Gasteiger partial charge in [0.1, 0.15) is 12.4 Å². The summed E-state index contributed by atoms with van der Waals surface area (Å²) in [7, 11) is 0. The third-order valence-electron chi connectivity index (χ3n) is 4.02. The first-order chi connectivity index (χ1) is 13.1. The predicted octanol–water partition coefficient (Wildman–Crippen LogP) is 2.86. The van der Waals surface area contributed by atoms with E-state index < -0.39 is 0 Å². The lowest BCUT2D eigenvalue weighted by molar-refractivity contribution is 0.0941. The Hall–Kier alpha value is -3.15. The number of benzene rings is 2. The number of nitrogens with one attached hydrogen (secondary N) is 1. The topological polar surface area (TPSA) is 73.2 Å². The summed E-state index contributed by atoms with van der Waals surface area (Å²) in [6.45, 7) is 5.15. The van der Waals surface area contributed by atoms with E-state index in [9.17, 15) is 9.59 Å². The molecule has 0 spiro atoms. The number of hydrogen-bond donors (Lipinski definition) is 1. The lowest BCUT2D eigenvalue weighted by Crippen LogP contribution is -2.33. The molecule has 1 amide bonds. The van der Waals surface area contributed by atoms with Gasteiger partial charge in [-0.15, -0.1) is 0 Å². The van der Waals surface area contributed by atoms with Crippen LogP contribution in [0.5, 0.6) is 5.75 Å². The fourth-order valence-corrected chi connectivity index (χ4v) is 2.81. The molecule has 0 aliphatic rings. The number of hydrogen-bond acceptors (Lipinski definition) is 4. The molecule has 6 nitrogen and oxygen atoms in total. The smallest absolute Gasteiger partial charge is 0.274 e. The Morgan fingerprint density at radius 1 is 1.07 bits per heavy atom. The molecule has 1 aromatic heterocycles. The van der Waals surface area contributed by atoms with Crippen molar-refractivity contribution in [1.29, 1.82) is 0 Å². The van der Waals surface area contributed by atoms with Crippen molar-refractivity contribution in [2.45, 2.75) is 20.4 Å². The first-order valence-electron chi connectivity index (χ1n) is 9.02. The predicted molar refractivity (Wildman–Crippen MR) is 105 cm³/mol. The number of para-hydroxylation sites is 1. The molecule has 3 rings (SSSR count). The number of amides is 1. The summed E-state index contributed by atoms with van der Waals surface area (Å²) in [5.41, 5.74) is 0.0776. The highest BCUT2D eigenvalue weighted by molar-refractivity contribution is 6.04. The van der Waals surface area contributed by atoms with Gasteiger partial charge < -0.3 is 10.1 Å². The van der Waals surface area contributed by atoms with Crippen LogP contribution in [0.4, 0.5) is 0 Å². The Labute approximate surface area is 157 Å². The van der Waals surface area contributed by atoms with E-state index >= 15 is 0 Å². The molecule has 0 unspecified atom stereocenters. The maximum atomic E-state index is 12.7. The Balaban J connectivity index is 1.77. The van der Waals surface area contributed by atoms with Crippen molar-refractivity contribution in [3.05, 3.63) is 70.6 Å².